The van der Waals surface area contributed by atoms with E-state index in [4.69, 9.17) is 0 Å². The van der Waals surface area contributed by atoms with Crippen LogP contribution in [0.1, 0.15) is 38.7 Å². The molecule has 1 saturated heterocycles. The molecule has 1 heterocycles. The van der Waals surface area contributed by atoms with E-state index in [1.165, 1.54) is 75.2 Å². The number of rotatable bonds is 11. The highest BCUT2D eigenvalue weighted by Crippen LogP contribution is 2.20. The van der Waals surface area contributed by atoms with Gasteiger partial charge in [0.2, 0.25) is 0 Å². The van der Waals surface area contributed by atoms with Crippen molar-refractivity contribution in [1.29, 1.82) is 0 Å². The van der Waals surface area contributed by atoms with E-state index in [0.717, 1.165) is 13.0 Å². The Morgan fingerprint density at radius 2 is 1.55 bits per heavy atom. The van der Waals surface area contributed by atoms with Crippen molar-refractivity contribution in [3.63, 3.8) is 0 Å². The zero-order valence-corrected chi connectivity index (χ0v) is 18.4. The number of piperidine rings is 1. The zero-order valence-electron chi connectivity index (χ0n) is 18.4. The van der Waals surface area contributed by atoms with Gasteiger partial charge in [0.25, 0.3) is 0 Å². The number of likely N-dealkylation sites (tertiary alicyclic amines) is 1. The highest BCUT2D eigenvalue weighted by molar-refractivity contribution is 5.63. The Hall–Kier alpha value is -1.68. The van der Waals surface area contributed by atoms with Crippen molar-refractivity contribution in [2.75, 3.05) is 45.8 Å². The Morgan fingerprint density at radius 1 is 0.897 bits per heavy atom. The van der Waals surface area contributed by atoms with Crippen molar-refractivity contribution in [2.24, 2.45) is 0 Å². The lowest BCUT2D eigenvalue weighted by Gasteiger charge is -2.32. The van der Waals surface area contributed by atoms with E-state index < -0.39 is 0 Å². The minimum Gasteiger partial charge on any atom is -0.314 e. The summed E-state index contributed by atoms with van der Waals surface area (Å²) < 4.78 is 0. The molecule has 0 bridgehead atoms. The van der Waals surface area contributed by atoms with Crippen LogP contribution in [0.3, 0.4) is 0 Å². The average molecular weight is 394 g/mol. The van der Waals surface area contributed by atoms with Crippen LogP contribution < -0.4 is 5.32 Å². The van der Waals surface area contributed by atoms with Gasteiger partial charge in [0.15, 0.2) is 0 Å². The highest BCUT2D eigenvalue weighted by Gasteiger charge is 2.18. The predicted octanol–water partition coefficient (Wildman–Crippen LogP) is 4.68. The molecule has 3 nitrogen and oxygen atoms in total. The van der Waals surface area contributed by atoms with Gasteiger partial charge in [0.1, 0.15) is 0 Å². The fourth-order valence-electron chi connectivity index (χ4n) is 4.29. The molecule has 3 rings (SSSR count). The fraction of sp³-hybridized carbons (Fsp3) is 0.538. The van der Waals surface area contributed by atoms with E-state index in [0.29, 0.717) is 6.04 Å². The van der Waals surface area contributed by atoms with Crippen LogP contribution >= 0.6 is 0 Å². The van der Waals surface area contributed by atoms with E-state index >= 15 is 0 Å². The molecule has 158 valence electrons. The Bertz CT molecular complexity index is 671. The van der Waals surface area contributed by atoms with Gasteiger partial charge in [-0.3, -0.25) is 0 Å². The topological polar surface area (TPSA) is 18.5 Å². The first-order valence-corrected chi connectivity index (χ1v) is 11.6. The first-order valence-electron chi connectivity index (χ1n) is 11.6. The quantitative estimate of drug-likeness (QED) is 0.559. The lowest BCUT2D eigenvalue weighted by Crippen LogP contribution is -2.43. The third-order valence-electron chi connectivity index (χ3n) is 6.34. The molecule has 2 aromatic rings. The van der Waals surface area contributed by atoms with Gasteiger partial charge in [-0.2, -0.15) is 0 Å². The molecule has 1 fully saturated rings. The zero-order chi connectivity index (χ0) is 20.3. The van der Waals surface area contributed by atoms with Gasteiger partial charge in [0, 0.05) is 12.6 Å². The molecule has 0 aliphatic carbocycles. The summed E-state index contributed by atoms with van der Waals surface area (Å²) in [7, 11) is 0. The van der Waals surface area contributed by atoms with E-state index in [-0.39, 0.29) is 0 Å². The molecule has 1 N–H and O–H groups in total. The molecule has 0 amide bonds. The van der Waals surface area contributed by atoms with Gasteiger partial charge >= 0.3 is 0 Å². The molecule has 1 aliphatic rings. The van der Waals surface area contributed by atoms with Crippen molar-refractivity contribution < 1.29 is 0 Å². The predicted molar refractivity (Wildman–Crippen MR) is 125 cm³/mol. The van der Waals surface area contributed by atoms with Crippen molar-refractivity contribution in [3.05, 3.63) is 60.2 Å². The van der Waals surface area contributed by atoms with Crippen LogP contribution in [-0.2, 0) is 6.42 Å². The summed E-state index contributed by atoms with van der Waals surface area (Å²) in [5, 5.41) is 3.79. The van der Waals surface area contributed by atoms with E-state index in [9.17, 15) is 0 Å². The summed E-state index contributed by atoms with van der Waals surface area (Å²) in [6, 6.07) is 20.5. The van der Waals surface area contributed by atoms with Crippen LogP contribution in [0.5, 0.6) is 0 Å². The summed E-state index contributed by atoms with van der Waals surface area (Å²) in [6.45, 7) is 12.9. The molecule has 0 aromatic heterocycles. The van der Waals surface area contributed by atoms with Crippen molar-refractivity contribution in [2.45, 2.75) is 45.6 Å². The number of nitrogens with one attached hydrogen (secondary N) is 1. The first kappa shape index (κ1) is 22.0. The molecule has 0 saturated carbocycles. The molecule has 0 spiro atoms. The molecule has 0 unspecified atom stereocenters. The largest absolute Gasteiger partial charge is 0.314 e. The van der Waals surface area contributed by atoms with Crippen molar-refractivity contribution in [3.8, 4) is 11.1 Å². The number of nitrogens with zero attached hydrogens (tertiary/aromatic N) is 2. The van der Waals surface area contributed by atoms with E-state index in [2.05, 4.69) is 83.6 Å². The van der Waals surface area contributed by atoms with Gasteiger partial charge in [-0.1, -0.05) is 68.4 Å². The second-order valence-corrected chi connectivity index (χ2v) is 8.26. The Kier molecular flexibility index (Phi) is 9.20. The lowest BCUT2D eigenvalue weighted by molar-refractivity contribution is 0.198. The highest BCUT2D eigenvalue weighted by atomic mass is 15.1. The summed E-state index contributed by atoms with van der Waals surface area (Å²) >= 11 is 0. The molecule has 2 aromatic carbocycles. The van der Waals surface area contributed by atoms with Gasteiger partial charge in [-0.15, -0.1) is 0 Å². The van der Waals surface area contributed by atoms with E-state index in [1.54, 1.807) is 0 Å². The van der Waals surface area contributed by atoms with Crippen LogP contribution in [0.4, 0.5) is 0 Å². The summed E-state index contributed by atoms with van der Waals surface area (Å²) in [4.78, 5) is 5.15. The van der Waals surface area contributed by atoms with Crippen LogP contribution in [0.2, 0.25) is 0 Å². The Morgan fingerprint density at radius 3 is 2.21 bits per heavy atom. The minimum absolute atomic E-state index is 0.716. The van der Waals surface area contributed by atoms with Crippen LogP contribution in [-0.4, -0.2) is 61.7 Å². The smallest absolute Gasteiger partial charge is 0.00914 e. The third kappa shape index (κ3) is 7.26. The second kappa shape index (κ2) is 12.1. The normalized spacial score (nSPS) is 15.8. The molecule has 3 heteroatoms. The minimum atomic E-state index is 0.716. The summed E-state index contributed by atoms with van der Waals surface area (Å²) in [6.07, 6.45) is 4.99. The van der Waals surface area contributed by atoms with Crippen molar-refractivity contribution in [1.82, 2.24) is 15.1 Å². The van der Waals surface area contributed by atoms with E-state index in [1.807, 2.05) is 0 Å². The second-order valence-electron chi connectivity index (χ2n) is 8.26. The molecular weight excluding hydrogens is 354 g/mol. The maximum Gasteiger partial charge on any atom is 0.00914 e. The molecule has 29 heavy (non-hydrogen) atoms. The van der Waals surface area contributed by atoms with Crippen LogP contribution in [0, 0.1) is 0 Å². The summed E-state index contributed by atoms with van der Waals surface area (Å²) in [5.74, 6) is 0. The van der Waals surface area contributed by atoms with Crippen LogP contribution in [0.25, 0.3) is 11.1 Å². The standard InChI is InChI=1S/C26H39N3/c1-3-28(4-2)19-8-18-27-26-16-21-29(22-17-26)20-15-23-11-13-25(14-12-23)24-9-6-5-7-10-24/h5-7,9-14,26-27H,3-4,8,15-22H2,1-2H3. The molecule has 0 radical (unpaired) electrons. The fourth-order valence-corrected chi connectivity index (χ4v) is 4.29. The number of hydrogen-bond donors (Lipinski definition) is 1. The molecule has 1 aliphatic heterocycles. The van der Waals surface area contributed by atoms with Gasteiger partial charge in [-0.05, 0) is 81.6 Å². The SMILES string of the molecule is CCN(CC)CCCNC1CCN(CCc2ccc(-c3ccccc3)cc2)CC1. The maximum absolute atomic E-state index is 3.79. The number of benzene rings is 2. The van der Waals surface area contributed by atoms with Crippen molar-refractivity contribution >= 4 is 0 Å². The molecule has 0 atom stereocenters. The van der Waals surface area contributed by atoms with Gasteiger partial charge in [-0.25, -0.2) is 0 Å². The average Bonchev–Trinajstić information content (AvgIpc) is 2.79. The monoisotopic (exact) mass is 393 g/mol. The first-order chi connectivity index (χ1) is 14.3. The summed E-state index contributed by atoms with van der Waals surface area (Å²) in [5.41, 5.74) is 4.05. The number of hydrogen-bond acceptors (Lipinski definition) is 3. The maximum atomic E-state index is 3.79. The Balaban J connectivity index is 1.32. The van der Waals surface area contributed by atoms with Gasteiger partial charge < -0.3 is 15.1 Å². The van der Waals surface area contributed by atoms with Crippen LogP contribution in [0.15, 0.2) is 54.6 Å². The lowest BCUT2D eigenvalue weighted by atomic mass is 10.0. The van der Waals surface area contributed by atoms with Gasteiger partial charge in [0.05, 0.1) is 0 Å². The Labute approximate surface area is 178 Å². The third-order valence-corrected chi connectivity index (χ3v) is 6.34. The molecular formula is C26H39N3.